The molecule has 0 aromatic rings. The quantitative estimate of drug-likeness (QED) is 0.188. The van der Waals surface area contributed by atoms with E-state index < -0.39 is 23.6 Å². The summed E-state index contributed by atoms with van der Waals surface area (Å²) in [5, 5.41) is 12.2. The molecule has 6 N–H and O–H groups in total. The Hall–Kier alpha value is -1.01. The average Bonchev–Trinajstić information content (AvgIpc) is 3.11. The van der Waals surface area contributed by atoms with Crippen LogP contribution in [-0.2, 0) is 9.59 Å². The molecular weight excluding hydrogens is 398 g/mol. The molecule has 0 saturated carbocycles. The predicted octanol–water partition coefficient (Wildman–Crippen LogP) is -1.16. The van der Waals surface area contributed by atoms with Gasteiger partial charge in [0.05, 0.1) is 43.9 Å². The standard InChI is InChI=1S/C18H32ClN7O3/c19-14-10-13(16(18(28)29)24-22-14)20-17(27)12-4-5-15(23-21-12)25-6-9-26(11-25)7-2-1-3-8-26/h12-16,21-24H,1-11H2,(H-,20,27,28,29)/p+1. The van der Waals surface area contributed by atoms with Gasteiger partial charge in [0.15, 0.2) is 0 Å². The lowest BCUT2D eigenvalue weighted by molar-refractivity contribution is -0.925. The number of alkyl halides is 1. The number of amides is 1. The van der Waals surface area contributed by atoms with Gasteiger partial charge in [0.2, 0.25) is 5.91 Å². The van der Waals surface area contributed by atoms with Gasteiger partial charge < -0.3 is 14.9 Å². The molecule has 0 radical (unpaired) electrons. The number of aliphatic carboxylic acids is 1. The minimum absolute atomic E-state index is 0.194. The molecule has 4 fully saturated rings. The Kier molecular flexibility index (Phi) is 6.59. The van der Waals surface area contributed by atoms with Crippen LogP contribution in [0.2, 0.25) is 0 Å². The zero-order valence-corrected chi connectivity index (χ0v) is 17.5. The fraction of sp³-hybridized carbons (Fsp3) is 0.889. The summed E-state index contributed by atoms with van der Waals surface area (Å²) in [7, 11) is 0. The van der Waals surface area contributed by atoms with E-state index in [1.807, 2.05) is 0 Å². The molecule has 29 heavy (non-hydrogen) atoms. The number of nitrogens with one attached hydrogen (secondary N) is 5. The van der Waals surface area contributed by atoms with Crippen LogP contribution >= 0.6 is 11.6 Å². The highest BCUT2D eigenvalue weighted by Crippen LogP contribution is 2.26. The summed E-state index contributed by atoms with van der Waals surface area (Å²) in [6.45, 7) is 5.99. The second-order valence-corrected chi connectivity index (χ2v) is 9.41. The van der Waals surface area contributed by atoms with E-state index in [0.717, 1.165) is 19.6 Å². The van der Waals surface area contributed by atoms with E-state index in [-0.39, 0.29) is 18.1 Å². The van der Waals surface area contributed by atoms with Gasteiger partial charge in [-0.3, -0.25) is 9.59 Å². The number of carbonyl (C=O) groups is 2. The van der Waals surface area contributed by atoms with E-state index in [4.69, 9.17) is 11.6 Å². The van der Waals surface area contributed by atoms with Crippen molar-refractivity contribution in [3.8, 4) is 0 Å². The van der Waals surface area contributed by atoms with Crippen molar-refractivity contribution in [1.82, 2.24) is 31.9 Å². The third-order valence-electron chi connectivity index (χ3n) is 6.87. The summed E-state index contributed by atoms with van der Waals surface area (Å²) >= 11 is 6.05. The fourth-order valence-electron chi connectivity index (χ4n) is 5.16. The molecule has 5 unspecified atom stereocenters. The Labute approximate surface area is 176 Å². The highest BCUT2D eigenvalue weighted by Gasteiger charge is 2.42. The van der Waals surface area contributed by atoms with Crippen molar-refractivity contribution >= 4 is 23.5 Å². The van der Waals surface area contributed by atoms with Gasteiger partial charge >= 0.3 is 5.97 Å². The van der Waals surface area contributed by atoms with Crippen LogP contribution in [0.4, 0.5) is 0 Å². The van der Waals surface area contributed by atoms with Crippen LogP contribution in [0.1, 0.15) is 38.5 Å². The molecule has 1 spiro atoms. The second kappa shape index (κ2) is 9.01. The molecule has 5 atom stereocenters. The number of nitrogens with zero attached hydrogens (tertiary/aromatic N) is 2. The number of carboxylic acids is 1. The monoisotopic (exact) mass is 430 g/mol. The molecule has 11 heteroatoms. The largest absolute Gasteiger partial charge is 0.480 e. The highest BCUT2D eigenvalue weighted by molar-refractivity contribution is 6.20. The Balaban J connectivity index is 1.26. The van der Waals surface area contributed by atoms with Crippen molar-refractivity contribution in [3.05, 3.63) is 0 Å². The van der Waals surface area contributed by atoms with Crippen LogP contribution in [-0.4, -0.2) is 89.0 Å². The van der Waals surface area contributed by atoms with Crippen LogP contribution in [0.5, 0.6) is 0 Å². The van der Waals surface area contributed by atoms with Crippen LogP contribution in [0.3, 0.4) is 0 Å². The molecule has 1 amide bonds. The Morgan fingerprint density at radius 2 is 1.83 bits per heavy atom. The first-order valence-electron chi connectivity index (χ1n) is 10.7. The number of rotatable bonds is 4. The SMILES string of the molecule is O=C(NC1CC(Cl)NNC1C(=O)O)C1CCC(N2CC[N+]3(CCCCC3)C2)NN1. The first-order valence-corrected chi connectivity index (χ1v) is 11.2. The second-order valence-electron chi connectivity index (χ2n) is 8.88. The number of hydrogen-bond acceptors (Lipinski definition) is 7. The van der Waals surface area contributed by atoms with Crippen molar-refractivity contribution in [2.45, 2.75) is 68.3 Å². The number of piperidine rings is 1. The maximum atomic E-state index is 12.7. The number of carboxylic acid groups (broad SMARTS) is 1. The zero-order chi connectivity index (χ0) is 20.4. The maximum absolute atomic E-state index is 12.7. The van der Waals surface area contributed by atoms with Crippen LogP contribution in [0.25, 0.3) is 0 Å². The summed E-state index contributed by atoms with van der Waals surface area (Å²) < 4.78 is 1.22. The molecule has 10 nitrogen and oxygen atoms in total. The molecule has 164 valence electrons. The zero-order valence-electron chi connectivity index (χ0n) is 16.7. The van der Waals surface area contributed by atoms with Crippen molar-refractivity contribution in [2.24, 2.45) is 0 Å². The number of hydrogen-bond donors (Lipinski definition) is 6. The molecule has 0 aliphatic carbocycles. The smallest absolute Gasteiger partial charge is 0.324 e. The van der Waals surface area contributed by atoms with Crippen LogP contribution in [0.15, 0.2) is 0 Å². The first kappa shape index (κ1) is 21.2. The number of carbonyl (C=O) groups excluding carboxylic acids is 1. The summed E-state index contributed by atoms with van der Waals surface area (Å²) in [5.74, 6) is -1.22. The third-order valence-corrected chi connectivity index (χ3v) is 7.16. The van der Waals surface area contributed by atoms with E-state index >= 15 is 0 Å². The third kappa shape index (κ3) is 4.84. The van der Waals surface area contributed by atoms with Gasteiger partial charge in [-0.15, -0.1) is 11.6 Å². The van der Waals surface area contributed by atoms with Gasteiger partial charge in [0.25, 0.3) is 0 Å². The average molecular weight is 431 g/mol. The van der Waals surface area contributed by atoms with Gasteiger partial charge in [0, 0.05) is 6.42 Å². The first-order chi connectivity index (χ1) is 14.0. The molecule has 0 aromatic carbocycles. The Morgan fingerprint density at radius 3 is 2.52 bits per heavy atom. The highest BCUT2D eigenvalue weighted by atomic mass is 35.5. The van der Waals surface area contributed by atoms with Crippen LogP contribution < -0.4 is 27.0 Å². The summed E-state index contributed by atoms with van der Waals surface area (Å²) in [6, 6.07) is -1.86. The number of halogens is 1. The number of hydrazine groups is 2. The normalized spacial score (nSPS) is 38.0. The summed E-state index contributed by atoms with van der Waals surface area (Å²) in [5.41, 5.74) is 11.4. The predicted molar refractivity (Wildman–Crippen MR) is 107 cm³/mol. The van der Waals surface area contributed by atoms with E-state index in [1.54, 1.807) is 0 Å². The molecule has 4 heterocycles. The van der Waals surface area contributed by atoms with Gasteiger partial charge in [-0.1, -0.05) is 0 Å². The van der Waals surface area contributed by atoms with E-state index in [2.05, 4.69) is 31.9 Å². The van der Waals surface area contributed by atoms with Crippen molar-refractivity contribution in [2.75, 3.05) is 32.8 Å². The topological polar surface area (TPSA) is 118 Å². The molecule has 0 aromatic heterocycles. The fourth-order valence-corrected chi connectivity index (χ4v) is 5.42. The molecular formula is C18H33ClN7O3+. The molecule has 4 rings (SSSR count). The van der Waals surface area contributed by atoms with E-state index in [1.165, 1.54) is 43.4 Å². The minimum atomic E-state index is -1.02. The van der Waals surface area contributed by atoms with Crippen molar-refractivity contribution in [3.63, 3.8) is 0 Å². The molecule has 4 aliphatic heterocycles. The van der Waals surface area contributed by atoms with Gasteiger partial charge in [0.1, 0.15) is 18.8 Å². The lowest BCUT2D eigenvalue weighted by Gasteiger charge is -2.40. The maximum Gasteiger partial charge on any atom is 0.324 e. The Morgan fingerprint density at radius 1 is 1.03 bits per heavy atom. The molecule has 4 saturated heterocycles. The Bertz CT molecular complexity index is 610. The van der Waals surface area contributed by atoms with E-state index in [9.17, 15) is 14.7 Å². The lowest BCUT2D eigenvalue weighted by Crippen LogP contribution is -2.67. The summed E-state index contributed by atoms with van der Waals surface area (Å²) in [4.78, 5) is 26.6. The molecule has 4 aliphatic rings. The number of quaternary nitrogens is 1. The van der Waals surface area contributed by atoms with Crippen molar-refractivity contribution < 1.29 is 19.2 Å². The lowest BCUT2D eigenvalue weighted by atomic mass is 10.0. The van der Waals surface area contributed by atoms with Gasteiger partial charge in [-0.2, -0.15) is 0 Å². The van der Waals surface area contributed by atoms with Gasteiger partial charge in [-0.25, -0.2) is 26.6 Å². The molecule has 0 bridgehead atoms. The summed E-state index contributed by atoms with van der Waals surface area (Å²) in [6.07, 6.45) is 6.19. The van der Waals surface area contributed by atoms with Crippen LogP contribution in [0, 0.1) is 0 Å². The van der Waals surface area contributed by atoms with E-state index in [0.29, 0.717) is 12.8 Å². The minimum Gasteiger partial charge on any atom is -0.480 e. The van der Waals surface area contributed by atoms with Crippen molar-refractivity contribution in [1.29, 1.82) is 0 Å². The van der Waals surface area contributed by atoms with Gasteiger partial charge in [-0.05, 0) is 32.1 Å².